The third-order valence-corrected chi connectivity index (χ3v) is 4.85. The van der Waals surface area contributed by atoms with E-state index in [1.54, 1.807) is 19.1 Å². The van der Waals surface area contributed by atoms with E-state index < -0.39 is 16.1 Å². The second-order valence-corrected chi connectivity index (χ2v) is 8.08. The summed E-state index contributed by atoms with van der Waals surface area (Å²) in [6.45, 7) is 2.42. The molecule has 4 heterocycles. The number of fused-ring (bicyclic) bond motifs is 1. The fraction of sp³-hybridized carbons (Fsp3) is 0.438. The van der Waals surface area contributed by atoms with Crippen molar-refractivity contribution in [2.45, 2.75) is 37.6 Å². The molecular formula is C16H18N4O5S. The molecule has 0 bridgehead atoms. The van der Waals surface area contributed by atoms with Gasteiger partial charge in [-0.05, 0) is 31.9 Å². The fourth-order valence-corrected chi connectivity index (χ4v) is 3.25. The Balaban J connectivity index is 1.85. The van der Waals surface area contributed by atoms with E-state index in [0.29, 0.717) is 23.9 Å². The summed E-state index contributed by atoms with van der Waals surface area (Å²) in [5.41, 5.74) is 0.249. The molecule has 138 valence electrons. The van der Waals surface area contributed by atoms with E-state index >= 15 is 0 Å². The third kappa shape index (κ3) is 3.17. The summed E-state index contributed by atoms with van der Waals surface area (Å²) in [5, 5.41) is 3.93. The second kappa shape index (κ2) is 6.36. The molecule has 1 aliphatic rings. The standard InChI is InChI=1S/C16H18N4O5S/c1-10-6-7-11(24-10)14-18-16(26(2,21)22)19-15-12(9-17-20(14)15)25-13-5-3-4-8-23-13/h6-7,9,13H,3-5,8H2,1-2H3. The van der Waals surface area contributed by atoms with Gasteiger partial charge in [-0.1, -0.05) is 0 Å². The minimum absolute atomic E-state index is 0.239. The van der Waals surface area contributed by atoms with Crippen LogP contribution in [0.5, 0.6) is 5.75 Å². The Morgan fingerprint density at radius 1 is 1.27 bits per heavy atom. The zero-order valence-corrected chi connectivity index (χ0v) is 15.2. The Bertz CT molecular complexity index is 1050. The van der Waals surface area contributed by atoms with Gasteiger partial charge in [-0.15, -0.1) is 0 Å². The van der Waals surface area contributed by atoms with E-state index in [4.69, 9.17) is 13.9 Å². The van der Waals surface area contributed by atoms with Crippen molar-refractivity contribution in [3.05, 3.63) is 24.1 Å². The van der Waals surface area contributed by atoms with E-state index in [2.05, 4.69) is 15.1 Å². The Morgan fingerprint density at radius 3 is 2.77 bits per heavy atom. The molecule has 1 atom stereocenters. The molecule has 0 N–H and O–H groups in total. The summed E-state index contributed by atoms with van der Waals surface area (Å²) >= 11 is 0. The van der Waals surface area contributed by atoms with Gasteiger partial charge in [0.15, 0.2) is 17.8 Å². The Morgan fingerprint density at radius 2 is 2.12 bits per heavy atom. The van der Waals surface area contributed by atoms with Crippen molar-refractivity contribution in [2.24, 2.45) is 0 Å². The van der Waals surface area contributed by atoms with Crippen LogP contribution in [0.15, 0.2) is 27.9 Å². The predicted octanol–water partition coefficient (Wildman–Crippen LogP) is 2.00. The molecule has 0 aromatic carbocycles. The molecule has 0 amide bonds. The molecule has 0 spiro atoms. The maximum absolute atomic E-state index is 12.0. The Labute approximate surface area is 149 Å². The van der Waals surface area contributed by atoms with Crippen LogP contribution in [-0.2, 0) is 14.6 Å². The first kappa shape index (κ1) is 17.0. The van der Waals surface area contributed by atoms with Crippen LogP contribution >= 0.6 is 0 Å². The quantitative estimate of drug-likeness (QED) is 0.678. The highest BCUT2D eigenvalue weighted by Crippen LogP contribution is 2.28. The molecule has 1 saturated heterocycles. The van der Waals surface area contributed by atoms with Crippen LogP contribution in [0.2, 0.25) is 0 Å². The molecule has 1 aliphatic heterocycles. The summed E-state index contributed by atoms with van der Waals surface area (Å²) in [6.07, 6.45) is 4.89. The Hall–Kier alpha value is -2.46. The molecule has 26 heavy (non-hydrogen) atoms. The zero-order valence-electron chi connectivity index (χ0n) is 14.4. The van der Waals surface area contributed by atoms with Crippen LogP contribution in [0, 0.1) is 6.92 Å². The highest BCUT2D eigenvalue weighted by Gasteiger charge is 2.24. The van der Waals surface area contributed by atoms with E-state index in [1.165, 1.54) is 10.7 Å². The van der Waals surface area contributed by atoms with Crippen molar-refractivity contribution in [2.75, 3.05) is 12.9 Å². The average Bonchev–Trinajstić information content (AvgIpc) is 3.21. The molecule has 0 aliphatic carbocycles. The number of furan rings is 1. The first-order chi connectivity index (χ1) is 12.4. The minimum atomic E-state index is -3.64. The zero-order chi connectivity index (χ0) is 18.3. The highest BCUT2D eigenvalue weighted by molar-refractivity contribution is 7.90. The van der Waals surface area contributed by atoms with Crippen LogP contribution in [0.25, 0.3) is 17.2 Å². The van der Waals surface area contributed by atoms with Crippen molar-refractivity contribution < 1.29 is 22.3 Å². The van der Waals surface area contributed by atoms with E-state index in [0.717, 1.165) is 25.5 Å². The van der Waals surface area contributed by atoms with E-state index in [9.17, 15) is 8.42 Å². The van der Waals surface area contributed by atoms with Gasteiger partial charge in [0, 0.05) is 12.7 Å². The molecular weight excluding hydrogens is 360 g/mol. The summed E-state index contributed by atoms with van der Waals surface area (Å²) in [4.78, 5) is 8.28. The number of aromatic nitrogens is 4. The number of hydrogen-bond acceptors (Lipinski definition) is 8. The lowest BCUT2D eigenvalue weighted by Gasteiger charge is -2.22. The first-order valence-electron chi connectivity index (χ1n) is 8.23. The summed E-state index contributed by atoms with van der Waals surface area (Å²) in [6, 6.07) is 3.47. The van der Waals surface area contributed by atoms with Gasteiger partial charge in [0.2, 0.25) is 21.3 Å². The molecule has 1 fully saturated rings. The number of rotatable bonds is 4. The SMILES string of the molecule is Cc1ccc(-c2nc(S(C)(=O)=O)nc3c(OC4CCCCO4)cnn23)o1. The average molecular weight is 378 g/mol. The van der Waals surface area contributed by atoms with Crippen molar-refractivity contribution in [1.82, 2.24) is 19.6 Å². The second-order valence-electron chi connectivity index (χ2n) is 6.17. The van der Waals surface area contributed by atoms with Crippen LogP contribution in [0.4, 0.5) is 0 Å². The highest BCUT2D eigenvalue weighted by atomic mass is 32.2. The van der Waals surface area contributed by atoms with Crippen molar-refractivity contribution >= 4 is 15.5 Å². The van der Waals surface area contributed by atoms with Gasteiger partial charge in [0.05, 0.1) is 12.8 Å². The molecule has 4 rings (SSSR count). The Kier molecular flexibility index (Phi) is 4.16. The number of ether oxygens (including phenoxy) is 2. The van der Waals surface area contributed by atoms with Crippen LogP contribution in [0.3, 0.4) is 0 Å². The number of hydrogen-bond donors (Lipinski definition) is 0. The fourth-order valence-electron chi connectivity index (χ4n) is 2.75. The number of nitrogens with zero attached hydrogens (tertiary/aromatic N) is 4. The number of sulfone groups is 1. The topological polar surface area (TPSA) is 109 Å². The van der Waals surface area contributed by atoms with Crippen LogP contribution in [-0.4, -0.2) is 47.2 Å². The van der Waals surface area contributed by atoms with Crippen LogP contribution in [0.1, 0.15) is 25.0 Å². The molecule has 9 nitrogen and oxygen atoms in total. The van der Waals surface area contributed by atoms with Crippen molar-refractivity contribution in [3.63, 3.8) is 0 Å². The van der Waals surface area contributed by atoms with E-state index in [1.807, 2.05) is 0 Å². The van der Waals surface area contributed by atoms with Gasteiger partial charge in [0.25, 0.3) is 5.16 Å². The van der Waals surface area contributed by atoms with Gasteiger partial charge >= 0.3 is 0 Å². The lowest BCUT2D eigenvalue weighted by Crippen LogP contribution is -2.25. The third-order valence-electron chi connectivity index (χ3n) is 4.00. The maximum Gasteiger partial charge on any atom is 0.251 e. The molecule has 10 heteroatoms. The molecule has 3 aromatic rings. The monoisotopic (exact) mass is 378 g/mol. The smallest absolute Gasteiger partial charge is 0.251 e. The summed E-state index contributed by atoms with van der Waals surface area (Å²) in [5.74, 6) is 1.65. The van der Waals surface area contributed by atoms with Gasteiger partial charge in [-0.25, -0.2) is 8.42 Å². The molecule has 0 saturated carbocycles. The van der Waals surface area contributed by atoms with Crippen molar-refractivity contribution in [1.29, 1.82) is 0 Å². The lowest BCUT2D eigenvalue weighted by atomic mass is 10.2. The maximum atomic E-state index is 12.0. The minimum Gasteiger partial charge on any atom is -0.459 e. The summed E-state index contributed by atoms with van der Waals surface area (Å²) in [7, 11) is -3.64. The first-order valence-corrected chi connectivity index (χ1v) is 10.1. The summed E-state index contributed by atoms with van der Waals surface area (Å²) < 4.78 is 42.5. The van der Waals surface area contributed by atoms with Crippen molar-refractivity contribution in [3.8, 4) is 17.3 Å². The largest absolute Gasteiger partial charge is 0.459 e. The molecule has 3 aromatic heterocycles. The van der Waals surface area contributed by atoms with Crippen LogP contribution < -0.4 is 4.74 Å². The van der Waals surface area contributed by atoms with E-state index in [-0.39, 0.29) is 16.6 Å². The molecule has 0 radical (unpaired) electrons. The van der Waals surface area contributed by atoms with Gasteiger partial charge in [-0.2, -0.15) is 19.6 Å². The number of aryl methyl sites for hydroxylation is 1. The van der Waals surface area contributed by atoms with Gasteiger partial charge in [-0.3, -0.25) is 0 Å². The predicted molar refractivity (Wildman–Crippen MR) is 90.5 cm³/mol. The van der Waals surface area contributed by atoms with Gasteiger partial charge in [0.1, 0.15) is 5.76 Å². The normalized spacial score (nSPS) is 18.3. The lowest BCUT2D eigenvalue weighted by molar-refractivity contribution is -0.105. The van der Waals surface area contributed by atoms with Gasteiger partial charge < -0.3 is 13.9 Å². The molecule has 1 unspecified atom stereocenters.